The number of rotatable bonds is 5. The van der Waals surface area contributed by atoms with Gasteiger partial charge in [0.25, 0.3) is 0 Å². The van der Waals surface area contributed by atoms with Gasteiger partial charge in [-0.05, 0) is 25.0 Å². The van der Waals surface area contributed by atoms with E-state index in [1.807, 2.05) is 37.4 Å². The quantitative estimate of drug-likeness (QED) is 0.852. The van der Waals surface area contributed by atoms with Gasteiger partial charge < -0.3 is 10.1 Å². The van der Waals surface area contributed by atoms with Gasteiger partial charge in [0, 0.05) is 19.0 Å². The van der Waals surface area contributed by atoms with E-state index in [1.165, 1.54) is 12.8 Å². The first-order valence-electron chi connectivity index (χ1n) is 6.67. The summed E-state index contributed by atoms with van der Waals surface area (Å²) in [7, 11) is 3.57. The molecule has 0 bridgehead atoms. The van der Waals surface area contributed by atoms with E-state index >= 15 is 0 Å². The number of anilines is 1. The van der Waals surface area contributed by atoms with Crippen molar-refractivity contribution in [2.45, 2.75) is 28.7 Å². The van der Waals surface area contributed by atoms with Crippen LogP contribution < -0.4 is 10.1 Å². The Balaban J connectivity index is 1.91. The molecule has 1 saturated carbocycles. The summed E-state index contributed by atoms with van der Waals surface area (Å²) >= 11 is 1.61. The van der Waals surface area contributed by atoms with Gasteiger partial charge in [0.15, 0.2) is 0 Å². The lowest BCUT2D eigenvalue weighted by atomic mass is 10.3. The molecule has 1 aromatic heterocycles. The molecule has 5 heteroatoms. The van der Waals surface area contributed by atoms with Crippen molar-refractivity contribution < 1.29 is 4.74 Å². The van der Waals surface area contributed by atoms with Crippen LogP contribution in [0.1, 0.15) is 24.6 Å². The first-order chi connectivity index (χ1) is 9.80. The molecule has 1 heterocycles. The van der Waals surface area contributed by atoms with Crippen molar-refractivity contribution in [2.75, 3.05) is 19.5 Å². The summed E-state index contributed by atoms with van der Waals surface area (Å²) in [6.07, 6.45) is 2.40. The number of hydrogen-bond donors (Lipinski definition) is 1. The average Bonchev–Trinajstić information content (AvgIpc) is 3.32. The molecule has 1 fully saturated rings. The highest BCUT2D eigenvalue weighted by atomic mass is 32.2. The van der Waals surface area contributed by atoms with E-state index in [4.69, 9.17) is 4.74 Å². The van der Waals surface area contributed by atoms with Gasteiger partial charge in [-0.15, -0.1) is 0 Å². The van der Waals surface area contributed by atoms with Crippen molar-refractivity contribution in [3.8, 4) is 5.75 Å². The van der Waals surface area contributed by atoms with Crippen molar-refractivity contribution in [3.63, 3.8) is 0 Å². The van der Waals surface area contributed by atoms with Crippen LogP contribution in [0, 0.1) is 0 Å². The van der Waals surface area contributed by atoms with Crippen LogP contribution in [0.4, 0.5) is 5.82 Å². The first-order valence-corrected chi connectivity index (χ1v) is 7.49. The minimum absolute atomic E-state index is 0.542. The van der Waals surface area contributed by atoms with Crippen molar-refractivity contribution in [2.24, 2.45) is 0 Å². The van der Waals surface area contributed by atoms with Gasteiger partial charge in [0.05, 0.1) is 12.0 Å². The Hall–Kier alpha value is -1.75. The van der Waals surface area contributed by atoms with E-state index in [9.17, 15) is 0 Å². The molecule has 1 aliphatic rings. The van der Waals surface area contributed by atoms with Gasteiger partial charge in [0.1, 0.15) is 22.4 Å². The number of methoxy groups -OCH3 is 1. The van der Waals surface area contributed by atoms with Crippen LogP contribution in [0.3, 0.4) is 0 Å². The highest BCUT2D eigenvalue weighted by Crippen LogP contribution is 2.40. The van der Waals surface area contributed by atoms with Gasteiger partial charge in [0.2, 0.25) is 0 Å². The molecule has 1 aliphatic carbocycles. The molecule has 20 heavy (non-hydrogen) atoms. The third-order valence-electron chi connectivity index (χ3n) is 3.20. The zero-order valence-corrected chi connectivity index (χ0v) is 12.4. The van der Waals surface area contributed by atoms with Crippen LogP contribution in [0.15, 0.2) is 40.3 Å². The van der Waals surface area contributed by atoms with E-state index in [-0.39, 0.29) is 0 Å². The monoisotopic (exact) mass is 287 g/mol. The number of nitrogens with one attached hydrogen (secondary N) is 1. The lowest BCUT2D eigenvalue weighted by Gasteiger charge is -2.09. The van der Waals surface area contributed by atoms with Gasteiger partial charge in [-0.1, -0.05) is 23.9 Å². The molecule has 3 rings (SSSR count). The van der Waals surface area contributed by atoms with Gasteiger partial charge in [-0.2, -0.15) is 0 Å². The smallest absolute Gasteiger partial charge is 0.135 e. The molecule has 1 N–H and O–H groups in total. The summed E-state index contributed by atoms with van der Waals surface area (Å²) in [5.74, 6) is 3.24. The Kier molecular flexibility index (Phi) is 3.78. The molecule has 1 aromatic carbocycles. The maximum atomic E-state index is 5.38. The number of para-hydroxylation sites is 1. The minimum Gasteiger partial charge on any atom is -0.496 e. The fourth-order valence-electron chi connectivity index (χ4n) is 1.96. The Labute approximate surface area is 123 Å². The summed E-state index contributed by atoms with van der Waals surface area (Å²) in [6, 6.07) is 9.96. The largest absolute Gasteiger partial charge is 0.496 e. The third kappa shape index (κ3) is 2.88. The van der Waals surface area contributed by atoms with E-state index < -0.39 is 0 Å². The van der Waals surface area contributed by atoms with Crippen LogP contribution in [0.25, 0.3) is 0 Å². The van der Waals surface area contributed by atoms with Crippen LogP contribution in [0.2, 0.25) is 0 Å². The fraction of sp³-hybridized carbons (Fsp3) is 0.333. The molecule has 104 valence electrons. The van der Waals surface area contributed by atoms with Crippen LogP contribution in [-0.2, 0) is 0 Å². The molecule has 4 nitrogen and oxygen atoms in total. The van der Waals surface area contributed by atoms with Crippen LogP contribution >= 0.6 is 11.8 Å². The predicted octanol–water partition coefficient (Wildman–Crippen LogP) is 3.56. The van der Waals surface area contributed by atoms with Crippen LogP contribution in [-0.4, -0.2) is 24.1 Å². The summed E-state index contributed by atoms with van der Waals surface area (Å²) < 4.78 is 5.38. The minimum atomic E-state index is 0.542. The third-order valence-corrected chi connectivity index (χ3v) is 4.18. The van der Waals surface area contributed by atoms with Crippen molar-refractivity contribution >= 4 is 17.6 Å². The predicted molar refractivity (Wildman–Crippen MR) is 80.7 cm³/mol. The van der Waals surface area contributed by atoms with Crippen molar-refractivity contribution in [1.29, 1.82) is 0 Å². The molecule has 0 amide bonds. The number of benzene rings is 1. The summed E-state index contributed by atoms with van der Waals surface area (Å²) in [4.78, 5) is 10.3. The molecule has 0 radical (unpaired) electrons. The summed E-state index contributed by atoms with van der Waals surface area (Å²) in [6.45, 7) is 0. The molecular weight excluding hydrogens is 270 g/mol. The van der Waals surface area contributed by atoms with Gasteiger partial charge in [-0.3, -0.25) is 0 Å². The number of hydrogen-bond acceptors (Lipinski definition) is 5. The molecule has 0 atom stereocenters. The zero-order valence-electron chi connectivity index (χ0n) is 11.6. The molecule has 2 aromatic rings. The lowest BCUT2D eigenvalue weighted by Crippen LogP contribution is -2.00. The standard InChI is InChI=1S/C15H17N3OS/c1-16-13-9-14(18-15(17-13)10-7-8-10)20-12-6-4-3-5-11(12)19-2/h3-6,9-10H,7-8H2,1-2H3,(H,16,17,18). The Morgan fingerprint density at radius 1 is 1.25 bits per heavy atom. The second kappa shape index (κ2) is 5.71. The van der Waals surface area contributed by atoms with Crippen molar-refractivity contribution in [3.05, 3.63) is 36.2 Å². The van der Waals surface area contributed by atoms with Gasteiger partial charge in [-0.25, -0.2) is 9.97 Å². The van der Waals surface area contributed by atoms with Crippen LogP contribution in [0.5, 0.6) is 5.75 Å². The molecule has 0 unspecified atom stereocenters. The number of nitrogens with zero attached hydrogens (tertiary/aromatic N) is 2. The first kappa shape index (κ1) is 13.2. The topological polar surface area (TPSA) is 47.0 Å². The fourth-order valence-corrected chi connectivity index (χ4v) is 2.90. The lowest BCUT2D eigenvalue weighted by molar-refractivity contribution is 0.405. The summed E-state index contributed by atoms with van der Waals surface area (Å²) in [5, 5.41) is 4.06. The summed E-state index contributed by atoms with van der Waals surface area (Å²) in [5.41, 5.74) is 0. The normalized spacial score (nSPS) is 14.1. The Bertz CT molecular complexity index is 614. The highest BCUT2D eigenvalue weighted by molar-refractivity contribution is 7.99. The highest BCUT2D eigenvalue weighted by Gasteiger charge is 2.27. The Morgan fingerprint density at radius 3 is 2.75 bits per heavy atom. The molecule has 0 saturated heterocycles. The second-order valence-electron chi connectivity index (χ2n) is 4.73. The number of aromatic nitrogens is 2. The second-order valence-corrected chi connectivity index (χ2v) is 5.79. The van der Waals surface area contributed by atoms with Gasteiger partial charge >= 0.3 is 0 Å². The molecule has 0 spiro atoms. The van der Waals surface area contributed by atoms with Crippen molar-refractivity contribution in [1.82, 2.24) is 9.97 Å². The average molecular weight is 287 g/mol. The van der Waals surface area contributed by atoms with E-state index in [2.05, 4.69) is 15.3 Å². The Morgan fingerprint density at radius 2 is 2.05 bits per heavy atom. The zero-order chi connectivity index (χ0) is 13.9. The number of ether oxygens (including phenoxy) is 1. The van der Waals surface area contributed by atoms with E-state index in [0.29, 0.717) is 5.92 Å². The maximum Gasteiger partial charge on any atom is 0.135 e. The van der Waals surface area contributed by atoms with E-state index in [1.54, 1.807) is 18.9 Å². The SMILES string of the molecule is CNc1cc(Sc2ccccc2OC)nc(C2CC2)n1. The molecule has 0 aliphatic heterocycles. The van der Waals surface area contributed by atoms with E-state index in [0.717, 1.165) is 27.3 Å². The molecular formula is C15H17N3OS. The maximum absolute atomic E-state index is 5.38.